The second-order valence-electron chi connectivity index (χ2n) is 6.23. The summed E-state index contributed by atoms with van der Waals surface area (Å²) in [7, 11) is 0. The Hall–Kier alpha value is -1.06. The molecule has 110 valence electrons. The van der Waals surface area contributed by atoms with E-state index in [0.717, 1.165) is 12.8 Å². The van der Waals surface area contributed by atoms with Crippen molar-refractivity contribution in [3.8, 4) is 0 Å². The minimum Gasteiger partial charge on any atom is -0.460 e. The van der Waals surface area contributed by atoms with E-state index in [1.165, 1.54) is 12.8 Å². The van der Waals surface area contributed by atoms with E-state index in [9.17, 15) is 9.59 Å². The monoisotopic (exact) mass is 270 g/mol. The minimum atomic E-state index is -0.447. The van der Waals surface area contributed by atoms with Crippen molar-refractivity contribution in [1.82, 2.24) is 0 Å². The summed E-state index contributed by atoms with van der Waals surface area (Å²) in [6, 6.07) is 0. The molecule has 0 N–H and O–H groups in total. The zero-order valence-electron chi connectivity index (χ0n) is 12.5. The summed E-state index contributed by atoms with van der Waals surface area (Å²) in [5.74, 6) is -0.407. The van der Waals surface area contributed by atoms with Gasteiger partial charge in [-0.25, -0.2) is 4.79 Å². The van der Waals surface area contributed by atoms with Gasteiger partial charge in [-0.2, -0.15) is 0 Å². The number of hydrogen-bond donors (Lipinski definition) is 0. The van der Waals surface area contributed by atoms with Crippen LogP contribution in [-0.2, 0) is 19.1 Å². The fraction of sp³-hybridized carbons (Fsp3) is 0.867. The van der Waals surface area contributed by atoms with Crippen molar-refractivity contribution in [2.24, 2.45) is 11.3 Å². The SMILES string of the molecule is CCC(=O)OCC(=O)O[C@@H](C)[C@H]1CCCC(C)(C)C1. The molecule has 2 atom stereocenters. The average Bonchev–Trinajstić information content (AvgIpc) is 2.34. The summed E-state index contributed by atoms with van der Waals surface area (Å²) in [6.45, 7) is 7.88. The first-order valence-electron chi connectivity index (χ1n) is 7.19. The molecule has 0 aromatic carbocycles. The first-order chi connectivity index (χ1) is 8.84. The van der Waals surface area contributed by atoms with E-state index in [1.54, 1.807) is 6.92 Å². The van der Waals surface area contributed by atoms with E-state index < -0.39 is 5.97 Å². The molecule has 0 saturated heterocycles. The Morgan fingerprint density at radius 1 is 1.32 bits per heavy atom. The van der Waals surface area contributed by atoms with E-state index in [1.807, 2.05) is 6.92 Å². The molecule has 4 nitrogen and oxygen atoms in total. The van der Waals surface area contributed by atoms with Crippen molar-refractivity contribution in [3.05, 3.63) is 0 Å². The first-order valence-corrected chi connectivity index (χ1v) is 7.19. The Labute approximate surface area is 115 Å². The molecule has 0 aromatic heterocycles. The van der Waals surface area contributed by atoms with Gasteiger partial charge < -0.3 is 9.47 Å². The van der Waals surface area contributed by atoms with Crippen LogP contribution in [0.3, 0.4) is 0 Å². The van der Waals surface area contributed by atoms with Gasteiger partial charge in [0.2, 0.25) is 0 Å². The maximum atomic E-state index is 11.6. The maximum Gasteiger partial charge on any atom is 0.344 e. The van der Waals surface area contributed by atoms with Crippen LogP contribution in [0, 0.1) is 11.3 Å². The van der Waals surface area contributed by atoms with E-state index in [2.05, 4.69) is 13.8 Å². The third-order valence-electron chi connectivity index (χ3n) is 3.86. The number of carbonyl (C=O) groups excluding carboxylic acids is 2. The zero-order chi connectivity index (χ0) is 14.5. The Bertz CT molecular complexity index is 322. The molecule has 0 heterocycles. The molecule has 1 fully saturated rings. The standard InChI is InChI=1S/C15H26O4/c1-5-13(16)18-10-14(17)19-11(2)12-7-6-8-15(3,4)9-12/h11-12H,5-10H2,1-4H3/t11-,12-/m0/s1. The van der Waals surface area contributed by atoms with E-state index in [4.69, 9.17) is 9.47 Å². The topological polar surface area (TPSA) is 52.6 Å². The molecule has 0 radical (unpaired) electrons. The van der Waals surface area contributed by atoms with Gasteiger partial charge in [-0.05, 0) is 37.5 Å². The summed E-state index contributed by atoms with van der Waals surface area (Å²) in [4.78, 5) is 22.5. The largest absolute Gasteiger partial charge is 0.460 e. The Balaban J connectivity index is 2.35. The number of esters is 2. The first kappa shape index (κ1) is 16.0. The molecule has 0 amide bonds. The number of hydrogen-bond acceptors (Lipinski definition) is 4. The lowest BCUT2D eigenvalue weighted by Gasteiger charge is -2.37. The van der Waals surface area contributed by atoms with E-state index in [-0.39, 0.29) is 25.1 Å². The van der Waals surface area contributed by atoms with Crippen molar-refractivity contribution >= 4 is 11.9 Å². The highest BCUT2D eigenvalue weighted by Gasteiger charge is 2.32. The fourth-order valence-electron chi connectivity index (χ4n) is 2.74. The molecule has 0 aromatic rings. The van der Waals surface area contributed by atoms with E-state index >= 15 is 0 Å². The number of ether oxygens (including phenoxy) is 2. The van der Waals surface area contributed by atoms with Gasteiger partial charge in [0.1, 0.15) is 6.10 Å². The number of carbonyl (C=O) groups is 2. The smallest absolute Gasteiger partial charge is 0.344 e. The van der Waals surface area contributed by atoms with Crippen molar-refractivity contribution in [1.29, 1.82) is 0 Å². The molecule has 19 heavy (non-hydrogen) atoms. The van der Waals surface area contributed by atoms with Crippen LogP contribution < -0.4 is 0 Å². The average molecular weight is 270 g/mol. The van der Waals surface area contributed by atoms with Crippen molar-refractivity contribution < 1.29 is 19.1 Å². The lowest BCUT2D eigenvalue weighted by Crippen LogP contribution is -2.33. The third kappa shape index (κ3) is 5.62. The second-order valence-corrected chi connectivity index (χ2v) is 6.23. The predicted molar refractivity (Wildman–Crippen MR) is 72.5 cm³/mol. The molecule has 0 bridgehead atoms. The van der Waals surface area contributed by atoms with Crippen LogP contribution in [0.4, 0.5) is 0 Å². The van der Waals surface area contributed by atoms with Crippen molar-refractivity contribution in [3.63, 3.8) is 0 Å². The summed E-state index contributed by atoms with van der Waals surface area (Å²) in [6.07, 6.45) is 4.78. The highest BCUT2D eigenvalue weighted by atomic mass is 16.6. The lowest BCUT2D eigenvalue weighted by atomic mass is 9.71. The molecular weight excluding hydrogens is 244 g/mol. The van der Waals surface area contributed by atoms with Gasteiger partial charge in [-0.1, -0.05) is 27.2 Å². The van der Waals surface area contributed by atoms with Gasteiger partial charge in [0, 0.05) is 6.42 Å². The van der Waals surface area contributed by atoms with Crippen LogP contribution in [0.25, 0.3) is 0 Å². The molecule has 1 aliphatic carbocycles. The lowest BCUT2D eigenvalue weighted by molar-refractivity contribution is -0.164. The molecule has 0 spiro atoms. The summed E-state index contributed by atoms with van der Waals surface area (Å²) >= 11 is 0. The van der Waals surface area contributed by atoms with Gasteiger partial charge in [0.25, 0.3) is 0 Å². The predicted octanol–water partition coefficient (Wildman–Crippen LogP) is 3.09. The summed E-state index contributed by atoms with van der Waals surface area (Å²) in [5, 5.41) is 0. The molecule has 0 unspecified atom stereocenters. The Morgan fingerprint density at radius 2 is 2.00 bits per heavy atom. The molecule has 1 aliphatic rings. The molecule has 1 saturated carbocycles. The zero-order valence-corrected chi connectivity index (χ0v) is 12.5. The van der Waals surface area contributed by atoms with E-state index in [0.29, 0.717) is 11.3 Å². The minimum absolute atomic E-state index is 0.104. The molecule has 0 aliphatic heterocycles. The second kappa shape index (κ2) is 6.92. The van der Waals surface area contributed by atoms with Crippen LogP contribution in [0.5, 0.6) is 0 Å². The van der Waals surface area contributed by atoms with Crippen LogP contribution in [-0.4, -0.2) is 24.6 Å². The Morgan fingerprint density at radius 3 is 2.58 bits per heavy atom. The normalized spacial score (nSPS) is 23.5. The maximum absolute atomic E-state index is 11.6. The highest BCUT2D eigenvalue weighted by molar-refractivity contribution is 5.76. The molecular formula is C15H26O4. The van der Waals surface area contributed by atoms with Crippen LogP contribution in [0.2, 0.25) is 0 Å². The van der Waals surface area contributed by atoms with Gasteiger partial charge in [0.15, 0.2) is 6.61 Å². The van der Waals surface area contributed by atoms with Gasteiger partial charge in [0.05, 0.1) is 0 Å². The van der Waals surface area contributed by atoms with Gasteiger partial charge in [-0.15, -0.1) is 0 Å². The molecule has 1 rings (SSSR count). The van der Waals surface area contributed by atoms with Crippen LogP contribution in [0.1, 0.15) is 59.8 Å². The van der Waals surface area contributed by atoms with Gasteiger partial charge in [-0.3, -0.25) is 4.79 Å². The third-order valence-corrected chi connectivity index (χ3v) is 3.86. The van der Waals surface area contributed by atoms with Crippen LogP contribution in [0.15, 0.2) is 0 Å². The summed E-state index contributed by atoms with van der Waals surface area (Å²) < 4.78 is 10.1. The summed E-state index contributed by atoms with van der Waals surface area (Å²) in [5.41, 5.74) is 0.332. The Kier molecular flexibility index (Phi) is 5.83. The number of rotatable bonds is 5. The van der Waals surface area contributed by atoms with Crippen molar-refractivity contribution in [2.45, 2.75) is 65.9 Å². The molecule has 4 heteroatoms. The highest BCUT2D eigenvalue weighted by Crippen LogP contribution is 2.40. The quantitative estimate of drug-likeness (QED) is 0.720. The van der Waals surface area contributed by atoms with Crippen LogP contribution >= 0.6 is 0 Å². The fourth-order valence-corrected chi connectivity index (χ4v) is 2.74. The van der Waals surface area contributed by atoms with Gasteiger partial charge >= 0.3 is 11.9 Å². The van der Waals surface area contributed by atoms with Crippen molar-refractivity contribution in [2.75, 3.05) is 6.61 Å².